The van der Waals surface area contributed by atoms with Gasteiger partial charge in [0.25, 0.3) is 0 Å². The fraction of sp³-hybridized carbons (Fsp3) is 0.316. The summed E-state index contributed by atoms with van der Waals surface area (Å²) in [5.74, 6) is 0. The highest BCUT2D eigenvalue weighted by Crippen LogP contribution is 2.22. The van der Waals surface area contributed by atoms with Gasteiger partial charge >= 0.3 is 6.03 Å². The van der Waals surface area contributed by atoms with Gasteiger partial charge in [0, 0.05) is 42.1 Å². The van der Waals surface area contributed by atoms with Crippen molar-refractivity contribution in [3.8, 4) is 0 Å². The van der Waals surface area contributed by atoms with Crippen LogP contribution >= 0.6 is 11.6 Å². The first-order valence-corrected chi connectivity index (χ1v) is 8.55. The number of amides is 2. The first kappa shape index (κ1) is 16.7. The van der Waals surface area contributed by atoms with Gasteiger partial charge in [-0.25, -0.2) is 4.79 Å². The molecule has 0 unspecified atom stereocenters. The summed E-state index contributed by atoms with van der Waals surface area (Å²) in [5.41, 5.74) is 3.19. The fourth-order valence-electron chi connectivity index (χ4n) is 3.03. The molecule has 1 saturated heterocycles. The molecule has 2 amide bonds. The number of carbonyl (C=O) groups is 1. The molecule has 0 aromatic heterocycles. The number of halogens is 1. The van der Waals surface area contributed by atoms with Crippen LogP contribution in [0.2, 0.25) is 5.02 Å². The Morgan fingerprint density at radius 2 is 1.92 bits per heavy atom. The van der Waals surface area contributed by atoms with Crippen LogP contribution in [0.3, 0.4) is 0 Å². The van der Waals surface area contributed by atoms with Gasteiger partial charge in [-0.3, -0.25) is 0 Å². The number of nitrogens with zero attached hydrogens (tertiary/aromatic N) is 2. The SMILES string of the molecule is Cc1ccc(N2CCN(C(=O)Nc3cccc(Cl)c3)C[C@H]2C)cc1. The molecule has 1 heterocycles. The Hall–Kier alpha value is -2.20. The predicted octanol–water partition coefficient (Wildman–Crippen LogP) is 4.39. The van der Waals surface area contributed by atoms with E-state index in [-0.39, 0.29) is 12.1 Å². The molecule has 0 radical (unpaired) electrons. The van der Waals surface area contributed by atoms with Crippen LogP contribution in [0.1, 0.15) is 12.5 Å². The summed E-state index contributed by atoms with van der Waals surface area (Å²) in [4.78, 5) is 16.7. The summed E-state index contributed by atoms with van der Waals surface area (Å²) in [5, 5.41) is 3.54. The number of aryl methyl sites for hydroxylation is 1. The molecule has 0 spiro atoms. The molecule has 3 rings (SSSR count). The number of anilines is 2. The van der Waals surface area contributed by atoms with E-state index in [2.05, 4.69) is 48.3 Å². The lowest BCUT2D eigenvalue weighted by atomic mass is 10.1. The molecule has 126 valence electrons. The van der Waals surface area contributed by atoms with Crippen molar-refractivity contribution in [1.29, 1.82) is 0 Å². The second-order valence-corrected chi connectivity index (χ2v) is 6.70. The molecule has 4 nitrogen and oxygen atoms in total. The van der Waals surface area contributed by atoms with E-state index in [1.165, 1.54) is 11.3 Å². The molecule has 1 fully saturated rings. The number of benzene rings is 2. The van der Waals surface area contributed by atoms with Gasteiger partial charge in [0.05, 0.1) is 0 Å². The third-order valence-corrected chi connectivity index (χ3v) is 4.59. The number of nitrogens with one attached hydrogen (secondary N) is 1. The van der Waals surface area contributed by atoms with Crippen LogP contribution in [-0.4, -0.2) is 36.6 Å². The zero-order valence-corrected chi connectivity index (χ0v) is 14.8. The highest BCUT2D eigenvalue weighted by atomic mass is 35.5. The summed E-state index contributed by atoms with van der Waals surface area (Å²) in [6.45, 7) is 6.46. The minimum atomic E-state index is -0.0762. The number of hydrogen-bond donors (Lipinski definition) is 1. The van der Waals surface area contributed by atoms with Gasteiger partial charge in [-0.1, -0.05) is 35.4 Å². The number of carbonyl (C=O) groups excluding carboxylic acids is 1. The monoisotopic (exact) mass is 343 g/mol. The zero-order valence-electron chi connectivity index (χ0n) is 14.0. The summed E-state index contributed by atoms with van der Waals surface area (Å²) in [6.07, 6.45) is 0. The van der Waals surface area contributed by atoms with E-state index in [1.807, 2.05) is 17.0 Å². The Labute approximate surface area is 148 Å². The topological polar surface area (TPSA) is 35.6 Å². The molecule has 0 aliphatic carbocycles. The average Bonchev–Trinajstić information content (AvgIpc) is 2.56. The summed E-state index contributed by atoms with van der Waals surface area (Å²) in [6, 6.07) is 16.0. The normalized spacial score (nSPS) is 17.7. The van der Waals surface area contributed by atoms with Gasteiger partial charge in [0.2, 0.25) is 0 Å². The minimum absolute atomic E-state index is 0.0762. The maximum absolute atomic E-state index is 12.5. The molecular formula is C19H22ClN3O. The van der Waals surface area contributed by atoms with Gasteiger partial charge in [0.1, 0.15) is 0 Å². The smallest absolute Gasteiger partial charge is 0.321 e. The van der Waals surface area contributed by atoms with E-state index in [0.29, 0.717) is 18.1 Å². The van der Waals surface area contributed by atoms with Crippen LogP contribution in [0, 0.1) is 6.92 Å². The third-order valence-electron chi connectivity index (χ3n) is 4.36. The van der Waals surface area contributed by atoms with Crippen molar-refractivity contribution in [2.75, 3.05) is 29.9 Å². The highest BCUT2D eigenvalue weighted by Gasteiger charge is 2.26. The molecule has 0 bridgehead atoms. The van der Waals surface area contributed by atoms with E-state index < -0.39 is 0 Å². The molecular weight excluding hydrogens is 322 g/mol. The molecule has 2 aromatic rings. The summed E-state index contributed by atoms with van der Waals surface area (Å²) >= 11 is 5.96. The van der Waals surface area contributed by atoms with Gasteiger partial charge < -0.3 is 15.1 Å². The van der Waals surface area contributed by atoms with Crippen LogP contribution in [0.5, 0.6) is 0 Å². The van der Waals surface area contributed by atoms with E-state index in [1.54, 1.807) is 12.1 Å². The minimum Gasteiger partial charge on any atom is -0.365 e. The Morgan fingerprint density at radius 3 is 2.58 bits per heavy atom. The van der Waals surface area contributed by atoms with Gasteiger partial charge in [-0.2, -0.15) is 0 Å². The Balaban J connectivity index is 1.62. The fourth-order valence-corrected chi connectivity index (χ4v) is 3.22. The largest absolute Gasteiger partial charge is 0.365 e. The average molecular weight is 344 g/mol. The van der Waals surface area contributed by atoms with Crippen LogP contribution in [-0.2, 0) is 0 Å². The first-order valence-electron chi connectivity index (χ1n) is 8.18. The van der Waals surface area contributed by atoms with Crippen LogP contribution in [0.25, 0.3) is 0 Å². The van der Waals surface area contributed by atoms with E-state index in [9.17, 15) is 4.79 Å². The molecule has 0 saturated carbocycles. The Bertz CT molecular complexity index is 717. The van der Waals surface area contributed by atoms with Crippen molar-refractivity contribution in [3.05, 3.63) is 59.1 Å². The van der Waals surface area contributed by atoms with Crippen molar-refractivity contribution < 1.29 is 4.79 Å². The van der Waals surface area contributed by atoms with Crippen molar-refractivity contribution in [1.82, 2.24) is 4.90 Å². The maximum atomic E-state index is 12.5. The van der Waals surface area contributed by atoms with E-state index >= 15 is 0 Å². The lowest BCUT2D eigenvalue weighted by molar-refractivity contribution is 0.200. The van der Waals surface area contributed by atoms with Gasteiger partial charge in [0.15, 0.2) is 0 Å². The van der Waals surface area contributed by atoms with E-state index in [0.717, 1.165) is 12.2 Å². The van der Waals surface area contributed by atoms with Gasteiger partial charge in [-0.05, 0) is 44.2 Å². The Kier molecular flexibility index (Phi) is 4.95. The van der Waals surface area contributed by atoms with Crippen LogP contribution < -0.4 is 10.2 Å². The number of hydrogen-bond acceptors (Lipinski definition) is 2. The third kappa shape index (κ3) is 3.82. The standard InChI is InChI=1S/C19H22ClN3O/c1-14-6-8-18(9-7-14)23-11-10-22(13-15(23)2)19(24)21-17-5-3-4-16(20)12-17/h3-9,12,15H,10-11,13H2,1-2H3,(H,21,24)/t15-/m1/s1. The van der Waals surface area contributed by atoms with Crippen molar-refractivity contribution in [2.24, 2.45) is 0 Å². The zero-order chi connectivity index (χ0) is 17.1. The van der Waals surface area contributed by atoms with Crippen molar-refractivity contribution in [3.63, 3.8) is 0 Å². The molecule has 1 aliphatic rings. The van der Waals surface area contributed by atoms with Crippen LogP contribution in [0.4, 0.5) is 16.2 Å². The first-order chi connectivity index (χ1) is 11.5. The van der Waals surface area contributed by atoms with Crippen molar-refractivity contribution in [2.45, 2.75) is 19.9 Å². The number of piperazine rings is 1. The molecule has 1 aliphatic heterocycles. The second kappa shape index (κ2) is 7.14. The van der Waals surface area contributed by atoms with Gasteiger partial charge in [-0.15, -0.1) is 0 Å². The molecule has 24 heavy (non-hydrogen) atoms. The highest BCUT2D eigenvalue weighted by molar-refractivity contribution is 6.30. The van der Waals surface area contributed by atoms with Crippen molar-refractivity contribution >= 4 is 29.0 Å². The maximum Gasteiger partial charge on any atom is 0.321 e. The molecule has 1 atom stereocenters. The number of urea groups is 1. The predicted molar refractivity (Wildman–Crippen MR) is 100 cm³/mol. The molecule has 2 aromatic carbocycles. The lowest BCUT2D eigenvalue weighted by Crippen LogP contribution is -2.54. The molecule has 1 N–H and O–H groups in total. The number of rotatable bonds is 2. The van der Waals surface area contributed by atoms with E-state index in [4.69, 9.17) is 11.6 Å². The van der Waals surface area contributed by atoms with Crippen LogP contribution in [0.15, 0.2) is 48.5 Å². The summed E-state index contributed by atoms with van der Waals surface area (Å²) < 4.78 is 0. The Morgan fingerprint density at radius 1 is 1.17 bits per heavy atom. The summed E-state index contributed by atoms with van der Waals surface area (Å²) in [7, 11) is 0. The molecule has 5 heteroatoms. The lowest BCUT2D eigenvalue weighted by Gasteiger charge is -2.41. The quantitative estimate of drug-likeness (QED) is 0.877. The second-order valence-electron chi connectivity index (χ2n) is 6.26.